The van der Waals surface area contributed by atoms with Crippen LogP contribution in [0.4, 0.5) is 0 Å². The fraction of sp³-hybridized carbons (Fsp3) is 0.588. The number of benzene rings is 1. The van der Waals surface area contributed by atoms with Gasteiger partial charge in [0.1, 0.15) is 0 Å². The number of piperazine rings is 1. The largest absolute Gasteiger partial charge is 0.300 e. The zero-order valence-electron chi connectivity index (χ0n) is 12.9. The minimum Gasteiger partial charge on any atom is -0.300 e. The molecule has 0 N–H and O–H groups in total. The van der Waals surface area contributed by atoms with Crippen LogP contribution in [0.2, 0.25) is 0 Å². The molecule has 1 fully saturated rings. The Hall–Kier alpha value is -1.02. The first-order valence-corrected chi connectivity index (χ1v) is 8.86. The molecule has 3 nitrogen and oxygen atoms in total. The van der Waals surface area contributed by atoms with E-state index in [9.17, 15) is 5.26 Å². The van der Waals surface area contributed by atoms with Gasteiger partial charge in [-0.3, -0.25) is 9.80 Å². The highest BCUT2D eigenvalue weighted by molar-refractivity contribution is 7.99. The molecule has 0 aliphatic carbocycles. The summed E-state index contributed by atoms with van der Waals surface area (Å²) in [6.45, 7) is 7.55. The molecule has 0 radical (unpaired) electrons. The Labute approximate surface area is 132 Å². The monoisotopic (exact) mass is 303 g/mol. The van der Waals surface area contributed by atoms with Gasteiger partial charge in [-0.2, -0.15) is 5.26 Å². The summed E-state index contributed by atoms with van der Waals surface area (Å²) in [5.41, 5.74) is 0. The molecule has 1 unspecified atom stereocenters. The summed E-state index contributed by atoms with van der Waals surface area (Å²) in [6, 6.07) is 13.2. The van der Waals surface area contributed by atoms with Crippen LogP contribution in [-0.2, 0) is 0 Å². The molecule has 2 rings (SSSR count). The molecule has 0 bridgehead atoms. The van der Waals surface area contributed by atoms with Crippen LogP contribution in [0, 0.1) is 11.3 Å². The number of hydrogen-bond acceptors (Lipinski definition) is 4. The maximum atomic E-state index is 9.23. The molecule has 1 aliphatic rings. The maximum absolute atomic E-state index is 9.23. The van der Waals surface area contributed by atoms with Crippen molar-refractivity contribution in [3.8, 4) is 6.07 Å². The molecule has 1 heterocycles. The second kappa shape index (κ2) is 9.09. The highest BCUT2D eigenvalue weighted by Gasteiger charge is 2.22. The minimum atomic E-state index is 0.121. The third-order valence-corrected chi connectivity index (χ3v) is 4.97. The Morgan fingerprint density at radius 2 is 1.90 bits per heavy atom. The average Bonchev–Trinajstić information content (AvgIpc) is 2.54. The standard InChI is InChI=1S/C17H25N3S/c1-2-6-16(15-18)20-11-9-19(10-12-20)13-14-21-17-7-4-3-5-8-17/h3-5,7-8,16H,2,6,9-14H2,1H3. The van der Waals surface area contributed by atoms with Gasteiger partial charge in [-0.25, -0.2) is 0 Å². The summed E-state index contributed by atoms with van der Waals surface area (Å²) in [4.78, 5) is 6.22. The molecule has 1 atom stereocenters. The van der Waals surface area contributed by atoms with Crippen LogP contribution >= 0.6 is 11.8 Å². The van der Waals surface area contributed by atoms with Crippen molar-refractivity contribution in [2.24, 2.45) is 0 Å². The van der Waals surface area contributed by atoms with E-state index in [0.717, 1.165) is 51.3 Å². The molecule has 1 aliphatic heterocycles. The van der Waals surface area contributed by atoms with E-state index in [4.69, 9.17) is 0 Å². The molecule has 0 saturated carbocycles. The lowest BCUT2D eigenvalue weighted by Gasteiger charge is -2.36. The first-order valence-electron chi connectivity index (χ1n) is 7.87. The number of hydrogen-bond donors (Lipinski definition) is 0. The number of thioether (sulfide) groups is 1. The Kier molecular flexibility index (Phi) is 7.08. The number of nitriles is 1. The van der Waals surface area contributed by atoms with E-state index in [1.807, 2.05) is 11.8 Å². The van der Waals surface area contributed by atoms with Crippen molar-refractivity contribution in [3.63, 3.8) is 0 Å². The molecule has 21 heavy (non-hydrogen) atoms. The minimum absolute atomic E-state index is 0.121. The number of nitrogens with zero attached hydrogens (tertiary/aromatic N) is 3. The fourth-order valence-electron chi connectivity index (χ4n) is 2.71. The third kappa shape index (κ3) is 5.35. The molecule has 4 heteroatoms. The van der Waals surface area contributed by atoms with Crippen molar-refractivity contribution in [2.45, 2.75) is 30.7 Å². The van der Waals surface area contributed by atoms with Gasteiger partial charge in [0.25, 0.3) is 0 Å². The Balaban J connectivity index is 1.66. The zero-order valence-corrected chi connectivity index (χ0v) is 13.7. The summed E-state index contributed by atoms with van der Waals surface area (Å²) in [6.07, 6.45) is 2.09. The van der Waals surface area contributed by atoms with E-state index in [2.05, 4.69) is 53.1 Å². The summed E-state index contributed by atoms with van der Waals surface area (Å²) < 4.78 is 0. The van der Waals surface area contributed by atoms with Gasteiger partial charge in [0.15, 0.2) is 0 Å². The average molecular weight is 303 g/mol. The van der Waals surface area contributed by atoms with Crippen molar-refractivity contribution in [1.82, 2.24) is 9.80 Å². The summed E-state index contributed by atoms with van der Waals surface area (Å²) in [5.74, 6) is 1.14. The van der Waals surface area contributed by atoms with Crippen molar-refractivity contribution in [3.05, 3.63) is 30.3 Å². The molecule has 1 saturated heterocycles. The first-order chi connectivity index (χ1) is 10.3. The van der Waals surface area contributed by atoms with E-state index in [1.54, 1.807) is 0 Å². The van der Waals surface area contributed by atoms with Crippen LogP contribution < -0.4 is 0 Å². The topological polar surface area (TPSA) is 30.3 Å². The molecule has 0 spiro atoms. The van der Waals surface area contributed by atoms with Crippen molar-refractivity contribution in [2.75, 3.05) is 38.5 Å². The predicted octanol–water partition coefficient (Wildman–Crippen LogP) is 3.09. The fourth-order valence-corrected chi connectivity index (χ4v) is 3.64. The second-order valence-corrected chi connectivity index (χ2v) is 6.64. The lowest BCUT2D eigenvalue weighted by Crippen LogP contribution is -2.50. The Morgan fingerprint density at radius 3 is 2.52 bits per heavy atom. The molecule has 0 amide bonds. The highest BCUT2D eigenvalue weighted by Crippen LogP contribution is 2.17. The quantitative estimate of drug-likeness (QED) is 0.724. The molecule has 1 aromatic rings. The van der Waals surface area contributed by atoms with Crippen LogP contribution in [0.15, 0.2) is 35.2 Å². The normalized spacial score (nSPS) is 18.3. The summed E-state index contributed by atoms with van der Waals surface area (Å²) in [5, 5.41) is 9.23. The van der Waals surface area contributed by atoms with Gasteiger partial charge in [0, 0.05) is 43.4 Å². The van der Waals surface area contributed by atoms with Crippen LogP contribution in [-0.4, -0.2) is 54.3 Å². The van der Waals surface area contributed by atoms with E-state index in [0.29, 0.717) is 0 Å². The van der Waals surface area contributed by atoms with Crippen molar-refractivity contribution < 1.29 is 0 Å². The van der Waals surface area contributed by atoms with Crippen molar-refractivity contribution >= 4 is 11.8 Å². The molecule has 0 aromatic heterocycles. The van der Waals surface area contributed by atoms with E-state index in [-0.39, 0.29) is 6.04 Å². The van der Waals surface area contributed by atoms with E-state index >= 15 is 0 Å². The van der Waals surface area contributed by atoms with Crippen LogP contribution in [0.1, 0.15) is 19.8 Å². The Bertz CT molecular complexity index is 435. The SMILES string of the molecule is CCCC(C#N)N1CCN(CCSc2ccccc2)CC1. The van der Waals surface area contributed by atoms with Gasteiger partial charge in [0.05, 0.1) is 12.1 Å². The third-order valence-electron chi connectivity index (χ3n) is 3.98. The predicted molar refractivity (Wildman–Crippen MR) is 89.5 cm³/mol. The highest BCUT2D eigenvalue weighted by atomic mass is 32.2. The number of rotatable bonds is 7. The molecular formula is C17H25N3S. The van der Waals surface area contributed by atoms with Gasteiger partial charge in [-0.15, -0.1) is 11.8 Å². The van der Waals surface area contributed by atoms with Gasteiger partial charge >= 0.3 is 0 Å². The van der Waals surface area contributed by atoms with Crippen molar-refractivity contribution in [1.29, 1.82) is 5.26 Å². The van der Waals surface area contributed by atoms with Crippen LogP contribution in [0.5, 0.6) is 0 Å². The smallest absolute Gasteiger partial charge is 0.0978 e. The summed E-state index contributed by atoms with van der Waals surface area (Å²) in [7, 11) is 0. The molecule has 1 aromatic carbocycles. The molecule has 114 valence electrons. The lowest BCUT2D eigenvalue weighted by molar-refractivity contribution is 0.115. The van der Waals surface area contributed by atoms with Crippen LogP contribution in [0.25, 0.3) is 0 Å². The van der Waals surface area contributed by atoms with Crippen LogP contribution in [0.3, 0.4) is 0 Å². The maximum Gasteiger partial charge on any atom is 0.0978 e. The first kappa shape index (κ1) is 16.4. The van der Waals surface area contributed by atoms with E-state index in [1.165, 1.54) is 4.90 Å². The molecular weight excluding hydrogens is 278 g/mol. The summed E-state index contributed by atoms with van der Waals surface area (Å²) >= 11 is 1.93. The van der Waals surface area contributed by atoms with E-state index < -0.39 is 0 Å². The Morgan fingerprint density at radius 1 is 1.19 bits per heavy atom. The lowest BCUT2D eigenvalue weighted by atomic mass is 10.1. The second-order valence-electron chi connectivity index (χ2n) is 5.47. The van der Waals surface area contributed by atoms with Gasteiger partial charge in [-0.05, 0) is 18.6 Å². The van der Waals surface area contributed by atoms with Gasteiger partial charge < -0.3 is 0 Å². The zero-order chi connectivity index (χ0) is 14.9. The van der Waals surface area contributed by atoms with Gasteiger partial charge in [0.2, 0.25) is 0 Å². The van der Waals surface area contributed by atoms with Gasteiger partial charge in [-0.1, -0.05) is 31.5 Å².